The lowest BCUT2D eigenvalue weighted by Crippen LogP contribution is -2.78. The Labute approximate surface area is 162 Å². The van der Waals surface area contributed by atoms with Gasteiger partial charge < -0.3 is 24.9 Å². The van der Waals surface area contributed by atoms with E-state index in [-0.39, 0.29) is 0 Å². The maximum Gasteiger partial charge on any atom is 0.288 e. The zero-order valence-electron chi connectivity index (χ0n) is 17.7. The van der Waals surface area contributed by atoms with Crippen LogP contribution in [0.5, 0.6) is 0 Å². The Morgan fingerprint density at radius 3 is 1.31 bits per heavy atom. The minimum atomic E-state index is -1.04. The number of ether oxygens (including phenoxy) is 3. The van der Waals surface area contributed by atoms with Crippen LogP contribution in [0.15, 0.2) is 0 Å². The number of quaternary nitrogens is 1. The van der Waals surface area contributed by atoms with Crippen molar-refractivity contribution in [1.82, 2.24) is 0 Å². The minimum absolute atomic E-state index is 0.402. The Bertz CT molecular complexity index is 241. The van der Waals surface area contributed by atoms with Crippen LogP contribution in [0.4, 0.5) is 0 Å². The summed E-state index contributed by atoms with van der Waals surface area (Å²) < 4.78 is 18.3. The van der Waals surface area contributed by atoms with Gasteiger partial charge in [-0.2, -0.15) is 0 Å². The van der Waals surface area contributed by atoms with Crippen LogP contribution in [0.2, 0.25) is 0 Å². The van der Waals surface area contributed by atoms with Gasteiger partial charge in [0.05, 0.1) is 32.8 Å². The van der Waals surface area contributed by atoms with Crippen molar-refractivity contribution in [3.8, 4) is 0 Å². The number of hydroxylamine groups is 1. The third-order valence-electron chi connectivity index (χ3n) is 4.53. The van der Waals surface area contributed by atoms with E-state index in [2.05, 4.69) is 20.8 Å². The lowest BCUT2D eigenvalue weighted by molar-refractivity contribution is -0.597. The molecule has 0 unspecified atom stereocenters. The second kappa shape index (κ2) is 19.6. The maximum absolute atomic E-state index is 10.9. The molecule has 0 aliphatic rings. The third-order valence-corrected chi connectivity index (χ3v) is 4.53. The number of hydrogen-bond donors (Lipinski definition) is 1. The van der Waals surface area contributed by atoms with Crippen LogP contribution in [-0.2, 0) is 14.2 Å². The Morgan fingerprint density at radius 1 is 0.615 bits per heavy atom. The molecule has 0 fully saturated rings. The van der Waals surface area contributed by atoms with E-state index in [0.29, 0.717) is 32.8 Å². The zero-order chi connectivity index (χ0) is 19.3. The standard InChI is InChI=1S/C21H45NO4/c1-4-7-10-13-18-24-21(16-17-22-23,25-19-14-11-8-5-2)26-20-15-12-9-6-3/h4-20,22H2,1-3H3. The van der Waals surface area contributed by atoms with E-state index >= 15 is 0 Å². The van der Waals surface area contributed by atoms with Gasteiger partial charge in [-0.3, -0.25) is 0 Å². The van der Waals surface area contributed by atoms with Crippen LogP contribution in [-0.4, -0.2) is 32.3 Å². The Morgan fingerprint density at radius 2 is 1.00 bits per heavy atom. The predicted molar refractivity (Wildman–Crippen MR) is 108 cm³/mol. The summed E-state index contributed by atoms with van der Waals surface area (Å²) in [6, 6.07) is 0. The Hall–Kier alpha value is -0.200. The van der Waals surface area contributed by atoms with Crippen molar-refractivity contribution in [1.29, 1.82) is 0 Å². The molecule has 5 heteroatoms. The topological polar surface area (TPSA) is 67.4 Å². The van der Waals surface area contributed by atoms with Crippen molar-refractivity contribution in [2.45, 2.75) is 110 Å². The molecule has 5 nitrogen and oxygen atoms in total. The van der Waals surface area contributed by atoms with E-state index in [1.54, 1.807) is 0 Å². The molecule has 0 aliphatic heterocycles. The first-order valence-corrected chi connectivity index (χ1v) is 11.1. The summed E-state index contributed by atoms with van der Waals surface area (Å²) in [5.74, 6) is -1.04. The van der Waals surface area contributed by atoms with Gasteiger partial charge in [-0.15, -0.1) is 0 Å². The monoisotopic (exact) mass is 375 g/mol. The highest BCUT2D eigenvalue weighted by Gasteiger charge is 2.33. The number of nitrogens with two attached hydrogens (primary N) is 1. The molecule has 158 valence electrons. The van der Waals surface area contributed by atoms with Crippen LogP contribution in [0, 0.1) is 5.21 Å². The summed E-state index contributed by atoms with van der Waals surface area (Å²) in [5.41, 5.74) is 0.927. The first-order chi connectivity index (χ1) is 12.7. The Kier molecular flexibility index (Phi) is 19.4. The molecule has 0 radical (unpaired) electrons. The zero-order valence-corrected chi connectivity index (χ0v) is 17.7. The summed E-state index contributed by atoms with van der Waals surface area (Å²) in [4.78, 5) is 0. The van der Waals surface area contributed by atoms with Crippen molar-refractivity contribution in [2.75, 3.05) is 26.4 Å². The highest BCUT2D eigenvalue weighted by atomic mass is 16.9. The largest absolute Gasteiger partial charge is 0.636 e. The molecule has 0 amide bonds. The van der Waals surface area contributed by atoms with Gasteiger partial charge in [0.2, 0.25) is 0 Å². The van der Waals surface area contributed by atoms with Gasteiger partial charge in [-0.1, -0.05) is 78.6 Å². The van der Waals surface area contributed by atoms with Crippen LogP contribution in [0.1, 0.15) is 104 Å². The Balaban J connectivity index is 4.52. The molecule has 0 saturated carbocycles. The second-order valence-corrected chi connectivity index (χ2v) is 7.12. The molecular weight excluding hydrogens is 330 g/mol. The fourth-order valence-electron chi connectivity index (χ4n) is 2.85. The molecule has 0 aliphatic carbocycles. The van der Waals surface area contributed by atoms with E-state index in [1.165, 1.54) is 38.5 Å². The van der Waals surface area contributed by atoms with Crippen molar-refractivity contribution >= 4 is 0 Å². The van der Waals surface area contributed by atoms with Crippen LogP contribution < -0.4 is 5.48 Å². The quantitative estimate of drug-likeness (QED) is 0.176. The van der Waals surface area contributed by atoms with Gasteiger partial charge in [0, 0.05) is 0 Å². The van der Waals surface area contributed by atoms with E-state index in [1.807, 2.05) is 0 Å². The van der Waals surface area contributed by atoms with E-state index in [4.69, 9.17) is 14.2 Å². The fraction of sp³-hybridized carbons (Fsp3) is 1.00. The summed E-state index contributed by atoms with van der Waals surface area (Å²) in [5, 5.41) is 10.9. The average Bonchev–Trinajstić information content (AvgIpc) is 2.65. The van der Waals surface area contributed by atoms with Gasteiger partial charge in [0.1, 0.15) is 0 Å². The second-order valence-electron chi connectivity index (χ2n) is 7.12. The minimum Gasteiger partial charge on any atom is -0.636 e. The van der Waals surface area contributed by atoms with Crippen molar-refractivity contribution in [3.05, 3.63) is 5.21 Å². The molecule has 0 heterocycles. The maximum atomic E-state index is 10.9. The normalized spacial score (nSPS) is 12.0. The third kappa shape index (κ3) is 14.9. The lowest BCUT2D eigenvalue weighted by Gasteiger charge is -2.33. The summed E-state index contributed by atoms with van der Waals surface area (Å²) in [6.45, 7) is 8.89. The summed E-state index contributed by atoms with van der Waals surface area (Å²) >= 11 is 0. The summed E-state index contributed by atoms with van der Waals surface area (Å²) in [6.07, 6.45) is 14.3. The molecule has 0 aromatic heterocycles. The molecular formula is C21H45NO4. The molecule has 0 aromatic rings. The molecule has 0 atom stereocenters. The molecule has 0 bridgehead atoms. The predicted octanol–water partition coefficient (Wildman–Crippen LogP) is 4.88. The van der Waals surface area contributed by atoms with Crippen molar-refractivity contribution in [2.24, 2.45) is 0 Å². The van der Waals surface area contributed by atoms with Gasteiger partial charge in [-0.25, -0.2) is 0 Å². The van der Waals surface area contributed by atoms with Crippen LogP contribution in [0.3, 0.4) is 0 Å². The van der Waals surface area contributed by atoms with Crippen molar-refractivity contribution < 1.29 is 19.7 Å². The van der Waals surface area contributed by atoms with Gasteiger partial charge in [0.15, 0.2) is 0 Å². The van der Waals surface area contributed by atoms with Gasteiger partial charge >= 0.3 is 0 Å². The molecule has 0 rings (SSSR count). The number of hydrogen-bond acceptors (Lipinski definition) is 4. The van der Waals surface area contributed by atoms with Crippen LogP contribution >= 0.6 is 0 Å². The van der Waals surface area contributed by atoms with E-state index in [0.717, 1.165) is 44.0 Å². The van der Waals surface area contributed by atoms with E-state index in [9.17, 15) is 5.21 Å². The fourth-order valence-corrected chi connectivity index (χ4v) is 2.85. The number of rotatable bonds is 21. The number of unbranched alkanes of at least 4 members (excludes halogenated alkanes) is 9. The average molecular weight is 376 g/mol. The van der Waals surface area contributed by atoms with Crippen LogP contribution in [0.25, 0.3) is 0 Å². The van der Waals surface area contributed by atoms with Gasteiger partial charge in [-0.05, 0) is 19.3 Å². The molecule has 26 heavy (non-hydrogen) atoms. The molecule has 0 saturated heterocycles. The van der Waals surface area contributed by atoms with Gasteiger partial charge in [0.25, 0.3) is 5.97 Å². The first-order valence-electron chi connectivity index (χ1n) is 11.1. The van der Waals surface area contributed by atoms with E-state index < -0.39 is 5.97 Å². The highest BCUT2D eigenvalue weighted by molar-refractivity contribution is 4.60. The molecule has 2 N–H and O–H groups in total. The molecule has 0 aromatic carbocycles. The molecule has 0 spiro atoms. The highest BCUT2D eigenvalue weighted by Crippen LogP contribution is 2.22. The SMILES string of the molecule is CCCCCCOC(CC[NH2+][O-])(OCCCCCC)OCCCCCC. The lowest BCUT2D eigenvalue weighted by atomic mass is 10.2. The van der Waals surface area contributed by atoms with Crippen molar-refractivity contribution in [3.63, 3.8) is 0 Å². The smallest absolute Gasteiger partial charge is 0.288 e. The first kappa shape index (κ1) is 25.8. The summed E-state index contributed by atoms with van der Waals surface area (Å²) in [7, 11) is 0.